The smallest absolute Gasteiger partial charge is 0.243 e. The second-order valence-corrected chi connectivity index (χ2v) is 8.30. The first kappa shape index (κ1) is 13.5. The first-order valence-electron chi connectivity index (χ1n) is 6.97. The first-order chi connectivity index (χ1) is 9.16. The number of hydrogen-bond acceptors (Lipinski definition) is 4. The molecule has 0 amide bonds. The quantitative estimate of drug-likeness (QED) is 0.906. The highest BCUT2D eigenvalue weighted by molar-refractivity contribution is 7.89. The van der Waals surface area contributed by atoms with Crippen LogP contribution >= 0.6 is 11.3 Å². The zero-order valence-corrected chi connectivity index (χ0v) is 12.6. The van der Waals surface area contributed by atoms with Crippen molar-refractivity contribution < 1.29 is 8.42 Å². The van der Waals surface area contributed by atoms with E-state index in [1.165, 1.54) is 12.8 Å². The third-order valence-electron chi connectivity index (χ3n) is 3.72. The van der Waals surface area contributed by atoms with Gasteiger partial charge in [0.2, 0.25) is 10.0 Å². The Morgan fingerprint density at radius 2 is 2.00 bits per heavy atom. The van der Waals surface area contributed by atoms with Crippen molar-refractivity contribution >= 4 is 21.4 Å². The van der Waals surface area contributed by atoms with Gasteiger partial charge in [0.15, 0.2) is 0 Å². The van der Waals surface area contributed by atoms with Crippen LogP contribution in [0.2, 0.25) is 0 Å². The predicted molar refractivity (Wildman–Crippen MR) is 76.8 cm³/mol. The van der Waals surface area contributed by atoms with E-state index in [1.54, 1.807) is 21.0 Å². The zero-order chi connectivity index (χ0) is 13.3. The summed E-state index contributed by atoms with van der Waals surface area (Å²) in [6.07, 6.45) is 5.62. The van der Waals surface area contributed by atoms with E-state index in [9.17, 15) is 8.42 Å². The van der Waals surface area contributed by atoms with Crippen LogP contribution in [0.25, 0.3) is 0 Å². The normalized spacial score (nSPS) is 21.7. The van der Waals surface area contributed by atoms with Crippen LogP contribution < -0.4 is 5.32 Å². The minimum atomic E-state index is -3.25. The van der Waals surface area contributed by atoms with Gasteiger partial charge in [-0.3, -0.25) is 0 Å². The van der Waals surface area contributed by atoms with E-state index in [1.807, 2.05) is 6.07 Å². The number of hydrogen-bond donors (Lipinski definition) is 1. The Morgan fingerprint density at radius 3 is 2.68 bits per heavy atom. The van der Waals surface area contributed by atoms with E-state index in [2.05, 4.69) is 5.32 Å². The molecular formula is C13H20N2O2S2. The summed E-state index contributed by atoms with van der Waals surface area (Å²) in [5.41, 5.74) is 0. The molecule has 1 aliphatic heterocycles. The van der Waals surface area contributed by atoms with Gasteiger partial charge in [-0.2, -0.15) is 4.31 Å². The summed E-state index contributed by atoms with van der Waals surface area (Å²) in [4.78, 5) is 1.59. The van der Waals surface area contributed by atoms with Crippen molar-refractivity contribution in [3.63, 3.8) is 0 Å². The molecule has 0 radical (unpaired) electrons. The fraction of sp³-hybridized carbons (Fsp3) is 0.692. The van der Waals surface area contributed by atoms with Crippen molar-refractivity contribution in [1.82, 2.24) is 9.62 Å². The summed E-state index contributed by atoms with van der Waals surface area (Å²) >= 11 is 1.54. The highest BCUT2D eigenvalue weighted by atomic mass is 32.2. The van der Waals surface area contributed by atoms with Crippen LogP contribution in [0, 0.1) is 0 Å². The fourth-order valence-electron chi connectivity index (χ4n) is 2.38. The van der Waals surface area contributed by atoms with Crippen LogP contribution in [-0.2, 0) is 16.6 Å². The van der Waals surface area contributed by atoms with Crippen LogP contribution in [0.4, 0.5) is 0 Å². The summed E-state index contributed by atoms with van der Waals surface area (Å²) in [5.74, 6) is 0. The minimum Gasteiger partial charge on any atom is -0.309 e. The second-order valence-electron chi connectivity index (χ2n) is 5.37. The molecule has 2 heterocycles. The zero-order valence-electron chi connectivity index (χ0n) is 11.0. The lowest BCUT2D eigenvalue weighted by atomic mass is 10.2. The molecule has 1 N–H and O–H groups in total. The van der Waals surface area contributed by atoms with E-state index in [-0.39, 0.29) is 0 Å². The molecule has 6 heteroatoms. The third-order valence-corrected chi connectivity index (χ3v) is 6.69. The van der Waals surface area contributed by atoms with E-state index < -0.39 is 10.0 Å². The van der Waals surface area contributed by atoms with E-state index >= 15 is 0 Å². The Morgan fingerprint density at radius 1 is 1.26 bits per heavy atom. The Kier molecular flexibility index (Phi) is 3.93. The molecule has 1 saturated heterocycles. The summed E-state index contributed by atoms with van der Waals surface area (Å²) in [7, 11) is -3.25. The van der Waals surface area contributed by atoms with Crippen LogP contribution in [0.3, 0.4) is 0 Å². The molecule has 0 bridgehead atoms. The van der Waals surface area contributed by atoms with Crippen LogP contribution in [0.5, 0.6) is 0 Å². The largest absolute Gasteiger partial charge is 0.309 e. The fourth-order valence-corrected chi connectivity index (χ4v) is 5.11. The molecule has 0 spiro atoms. The third kappa shape index (κ3) is 3.18. The lowest BCUT2D eigenvalue weighted by Gasteiger charge is -2.25. The molecule has 1 saturated carbocycles. The number of thiophene rings is 1. The number of nitrogens with one attached hydrogen (secondary N) is 1. The highest BCUT2D eigenvalue weighted by Crippen LogP contribution is 2.26. The van der Waals surface area contributed by atoms with Gasteiger partial charge in [0.05, 0.1) is 4.90 Å². The Balaban J connectivity index is 1.69. The average Bonchev–Trinajstić information content (AvgIpc) is 3.13. The number of piperidine rings is 1. The molecular weight excluding hydrogens is 280 g/mol. The van der Waals surface area contributed by atoms with Crippen molar-refractivity contribution in [3.05, 3.63) is 16.3 Å². The lowest BCUT2D eigenvalue weighted by molar-refractivity contribution is 0.347. The monoisotopic (exact) mass is 300 g/mol. The van der Waals surface area contributed by atoms with Gasteiger partial charge >= 0.3 is 0 Å². The average molecular weight is 300 g/mol. The van der Waals surface area contributed by atoms with Gasteiger partial charge < -0.3 is 5.32 Å². The SMILES string of the molecule is O=S(=O)(c1csc(CNC2CC2)c1)N1CCCCC1. The highest BCUT2D eigenvalue weighted by Gasteiger charge is 2.27. The van der Waals surface area contributed by atoms with E-state index in [0.717, 1.165) is 30.7 Å². The molecule has 1 aromatic rings. The first-order valence-corrected chi connectivity index (χ1v) is 9.29. The number of sulfonamides is 1. The van der Waals surface area contributed by atoms with Crippen molar-refractivity contribution in [1.29, 1.82) is 0 Å². The maximum Gasteiger partial charge on any atom is 0.243 e. The van der Waals surface area contributed by atoms with Crippen LogP contribution in [-0.4, -0.2) is 31.9 Å². The summed E-state index contributed by atoms with van der Waals surface area (Å²) in [6, 6.07) is 2.49. The van der Waals surface area contributed by atoms with Crippen molar-refractivity contribution in [3.8, 4) is 0 Å². The minimum absolute atomic E-state index is 0.479. The molecule has 0 atom stereocenters. The van der Waals surface area contributed by atoms with Gasteiger partial charge in [-0.25, -0.2) is 8.42 Å². The number of nitrogens with zero attached hydrogens (tertiary/aromatic N) is 1. The van der Waals surface area contributed by atoms with E-state index in [0.29, 0.717) is 24.0 Å². The molecule has 0 aromatic carbocycles. The summed E-state index contributed by atoms with van der Waals surface area (Å²) in [5, 5.41) is 5.20. The van der Waals surface area contributed by atoms with Crippen LogP contribution in [0.15, 0.2) is 16.3 Å². The molecule has 19 heavy (non-hydrogen) atoms. The Hall–Kier alpha value is -0.430. The van der Waals surface area contributed by atoms with Crippen molar-refractivity contribution in [2.45, 2.75) is 49.6 Å². The molecule has 0 unspecified atom stereocenters. The van der Waals surface area contributed by atoms with Crippen molar-refractivity contribution in [2.75, 3.05) is 13.1 Å². The molecule has 3 rings (SSSR count). The van der Waals surface area contributed by atoms with Crippen molar-refractivity contribution in [2.24, 2.45) is 0 Å². The van der Waals surface area contributed by atoms with Gasteiger partial charge in [0.25, 0.3) is 0 Å². The summed E-state index contributed by atoms with van der Waals surface area (Å²) < 4.78 is 26.6. The summed E-state index contributed by atoms with van der Waals surface area (Å²) in [6.45, 7) is 2.15. The predicted octanol–water partition coefficient (Wildman–Crippen LogP) is 2.17. The van der Waals surface area contributed by atoms with Gasteiger partial charge in [-0.05, 0) is 31.7 Å². The van der Waals surface area contributed by atoms with E-state index in [4.69, 9.17) is 0 Å². The maximum absolute atomic E-state index is 12.5. The van der Waals surface area contributed by atoms with Gasteiger partial charge in [-0.1, -0.05) is 6.42 Å². The van der Waals surface area contributed by atoms with Crippen LogP contribution in [0.1, 0.15) is 37.0 Å². The maximum atomic E-state index is 12.5. The van der Waals surface area contributed by atoms with Gasteiger partial charge in [0.1, 0.15) is 0 Å². The number of rotatable bonds is 5. The standard InChI is InChI=1S/C13H20N2O2S2/c16-19(17,15-6-2-1-3-7-15)13-8-12(18-10-13)9-14-11-4-5-11/h8,10-11,14H,1-7,9H2. The Labute approximate surface area is 118 Å². The molecule has 106 valence electrons. The van der Waals surface area contributed by atoms with Gasteiger partial charge in [-0.15, -0.1) is 11.3 Å². The molecule has 1 aromatic heterocycles. The van der Waals surface area contributed by atoms with Gasteiger partial charge in [0, 0.05) is 35.9 Å². The molecule has 4 nitrogen and oxygen atoms in total. The molecule has 1 aliphatic carbocycles. The second kappa shape index (κ2) is 5.52. The molecule has 2 fully saturated rings. The molecule has 2 aliphatic rings. The topological polar surface area (TPSA) is 49.4 Å². The Bertz CT molecular complexity index is 529. The lowest BCUT2D eigenvalue weighted by Crippen LogP contribution is -2.35.